The van der Waals surface area contributed by atoms with Gasteiger partial charge in [-0.25, -0.2) is 0 Å². The summed E-state index contributed by atoms with van der Waals surface area (Å²) in [6, 6.07) is 2.60. The van der Waals surface area contributed by atoms with Crippen molar-refractivity contribution < 1.29 is 0 Å². The molecular weight excluding hydrogens is 1660 g/mol. The van der Waals surface area contributed by atoms with Crippen LogP contribution >= 0.6 is 399 Å². The van der Waals surface area contributed by atoms with Crippen LogP contribution in [0.25, 0.3) is 0 Å². The summed E-state index contributed by atoms with van der Waals surface area (Å²) in [6.07, 6.45) is 0.471. The molecule has 0 aromatic rings. The molecule has 1 aliphatic rings. The minimum atomic E-state index is -0.538. The van der Waals surface area contributed by atoms with Crippen LogP contribution in [0.15, 0.2) is 0 Å². The first kappa shape index (κ1) is 77.9. The molecule has 59 heavy (non-hydrogen) atoms. The Kier molecular flexibility index (Phi) is 54.3. The van der Waals surface area contributed by atoms with Crippen LogP contribution in [0.4, 0.5) is 0 Å². The molecule has 1 fully saturated rings. The largest absolute Gasteiger partial charge is 0.271 e. The lowest BCUT2D eigenvalue weighted by atomic mass is 9.90. The average molecular weight is 1730 g/mol. The van der Waals surface area contributed by atoms with Gasteiger partial charge in [-0.05, 0) is 133 Å². The molecule has 0 saturated carbocycles. The van der Waals surface area contributed by atoms with Gasteiger partial charge in [0.1, 0.15) is 0 Å². The van der Waals surface area contributed by atoms with Crippen molar-refractivity contribution in [2.75, 3.05) is 13.1 Å². The molecule has 0 aromatic heterocycles. The van der Waals surface area contributed by atoms with Crippen molar-refractivity contribution in [3.8, 4) is 6.07 Å². The van der Waals surface area contributed by atoms with E-state index in [1.165, 1.54) is 0 Å². The fourth-order valence-corrected chi connectivity index (χ4v) is 697. The number of nitrogens with zero attached hydrogens (tertiary/aromatic N) is 2. The van der Waals surface area contributed by atoms with E-state index < -0.39 is 14.4 Å². The third-order valence-corrected chi connectivity index (χ3v) is 350. The van der Waals surface area contributed by atoms with Gasteiger partial charge in [0.2, 0.25) is 0 Å². The minimum absolute atomic E-state index is 0.167. The summed E-state index contributed by atoms with van der Waals surface area (Å²) in [5.74, 6) is 6.56. The Hall–Kier alpha value is 20.9. The minimum Gasteiger partial charge on any atom is -0.271 e. The molecule has 0 aliphatic carbocycles. The molecule has 4 nitrogen and oxygen atoms in total. The van der Waals surface area contributed by atoms with Crippen LogP contribution in [-0.4, -0.2) is 23.3 Å². The second-order valence-corrected chi connectivity index (χ2v) is 214. The summed E-state index contributed by atoms with van der Waals surface area (Å²) in [7, 11) is 87.0. The average Bonchev–Trinajstić information content (AvgIpc) is 3.04. The van der Waals surface area contributed by atoms with Crippen LogP contribution in [0.1, 0.15) is 6.42 Å². The number of nitriles is 1. The van der Waals surface area contributed by atoms with Gasteiger partial charge >= 0.3 is 0 Å². The Labute approximate surface area is 445 Å². The Morgan fingerprint density at radius 2 is 0.695 bits per heavy atom. The standard InChI is InChI=1S/C5H60N4P50/c6-2-1-5(8-7)3-9(4-5)36(50(52(38(13)14)39(15)16)57(48(33)34)49(35-10)37(11)12)51(58(53(40(17)18)41(19)20)54(42(21)22)43(23)24)59(55(44(25)26)45(27)28)56(46(29)30)47(31)32/h8,35H,1,3-4,7,10-34H2. The zero-order valence-corrected chi connectivity index (χ0v) is 82.1. The first-order valence-corrected chi connectivity index (χ1v) is 105. The van der Waals surface area contributed by atoms with E-state index >= 15 is 0 Å². The third kappa shape index (κ3) is 25.2. The number of hydrogen-bond donors (Lipinski definition) is 2. The molecule has 1 heterocycles. The number of rotatable bonds is 27. The van der Waals surface area contributed by atoms with E-state index in [1.54, 1.807) is 0 Å². The fraction of sp³-hybridized carbons (Fsp3) is 0.800. The lowest BCUT2D eigenvalue weighted by Crippen LogP contribution is -2.68. The van der Waals surface area contributed by atoms with Gasteiger partial charge in [0, 0.05) is 48.5 Å². The zero-order valence-electron chi connectivity index (χ0n) is 30.8. The Morgan fingerprint density at radius 3 is 0.898 bits per heavy atom. The Morgan fingerprint density at radius 1 is 0.441 bits per heavy atom. The van der Waals surface area contributed by atoms with Crippen LogP contribution in [0.2, 0.25) is 0 Å². The number of hydrazine groups is 1. The molecule has 0 bridgehead atoms. The van der Waals surface area contributed by atoms with Crippen molar-refractivity contribution in [2.45, 2.75) is 12.0 Å². The van der Waals surface area contributed by atoms with E-state index in [9.17, 15) is 5.26 Å². The molecule has 30 unspecified atom stereocenters. The van der Waals surface area contributed by atoms with Gasteiger partial charge in [-0.15, -0.1) is 223 Å². The van der Waals surface area contributed by atoms with E-state index in [1.807, 2.05) is 0 Å². The van der Waals surface area contributed by atoms with Crippen LogP contribution in [0, 0.1) is 11.3 Å². The van der Waals surface area contributed by atoms with E-state index in [4.69, 9.17) is 5.84 Å². The maximum Gasteiger partial charge on any atom is 0.0710 e. The second kappa shape index (κ2) is 41.1. The molecule has 0 radical (unpaired) electrons. The zero-order chi connectivity index (χ0) is 46.2. The SMILES string of the molecule is N#CCC1(NN)CN(P(P(P(P(P)P)P(P)P)P(P(P)P)P(PP)P(P)P)P(P(P(P(P)P)P(P)P)P(P(P)P)P(P)P)P(P(P(P)P)P(P)P)P(P(P)P)P(P)P)C1. The summed E-state index contributed by atoms with van der Waals surface area (Å²) in [6.45, 7) is -4.85. The maximum atomic E-state index is 10.3. The van der Waals surface area contributed by atoms with Crippen molar-refractivity contribution in [1.29, 1.82) is 5.26 Å². The van der Waals surface area contributed by atoms with Crippen LogP contribution < -0.4 is 11.3 Å². The van der Waals surface area contributed by atoms with Gasteiger partial charge < -0.3 is 0 Å². The maximum absolute atomic E-state index is 10.3. The van der Waals surface area contributed by atoms with Gasteiger partial charge in [-0.2, -0.15) is 5.26 Å². The van der Waals surface area contributed by atoms with Gasteiger partial charge in [-0.1, -0.05) is 7.96 Å². The number of nitrogens with two attached hydrogens (primary N) is 1. The number of nitrogens with one attached hydrogen (secondary N) is 1. The van der Waals surface area contributed by atoms with Crippen molar-refractivity contribution in [3.63, 3.8) is 0 Å². The second-order valence-electron chi connectivity index (χ2n) is 10.5. The van der Waals surface area contributed by atoms with Crippen molar-refractivity contribution in [1.82, 2.24) is 10.1 Å². The molecule has 30 atom stereocenters. The molecule has 1 aliphatic heterocycles. The van der Waals surface area contributed by atoms with Gasteiger partial charge in [-0.3, -0.25) is 15.9 Å². The lowest BCUT2D eigenvalue weighted by Gasteiger charge is -2.62. The van der Waals surface area contributed by atoms with E-state index in [0.717, 1.165) is 21.0 Å². The number of hydrogen-bond acceptors (Lipinski definition) is 4. The predicted octanol–water partition coefficient (Wildman–Crippen LogP) is 28.3. The third-order valence-electron chi connectivity index (χ3n) is 6.32. The summed E-state index contributed by atoms with van der Waals surface area (Å²) in [4.78, 5) is 0. The van der Waals surface area contributed by atoms with E-state index in [-0.39, 0.29) is 159 Å². The molecule has 0 aromatic carbocycles. The predicted molar refractivity (Wildman–Crippen MR) is 449 cm³/mol. The summed E-state index contributed by atoms with van der Waals surface area (Å²) < 4.78 is 3.15. The molecule has 1 saturated heterocycles. The molecule has 350 valence electrons. The van der Waals surface area contributed by atoms with E-state index in [2.05, 4.69) is 239 Å². The van der Waals surface area contributed by atoms with Gasteiger partial charge in [0.05, 0.1) is 18.0 Å². The summed E-state index contributed by atoms with van der Waals surface area (Å²) in [5.41, 5.74) is 2.97. The lowest BCUT2D eigenvalue weighted by molar-refractivity contribution is 0.129. The highest BCUT2D eigenvalue weighted by atomic mass is 33.5. The normalized spacial score (nSPS) is 18.4. The smallest absolute Gasteiger partial charge is 0.0710 e. The highest BCUT2D eigenvalue weighted by Crippen LogP contribution is 3.44. The molecule has 54 heteroatoms. The molecule has 1 rings (SSSR count). The first-order chi connectivity index (χ1) is 27.1. The van der Waals surface area contributed by atoms with Crippen molar-refractivity contribution >= 4 is 399 Å². The Balaban J connectivity index is 5.24. The van der Waals surface area contributed by atoms with Crippen molar-refractivity contribution in [3.05, 3.63) is 0 Å². The van der Waals surface area contributed by atoms with Gasteiger partial charge in [0.15, 0.2) is 0 Å². The molecule has 0 spiro atoms. The van der Waals surface area contributed by atoms with Crippen molar-refractivity contribution in [2.24, 2.45) is 5.84 Å². The molecule has 3 N–H and O–H groups in total. The fourth-order valence-electron chi connectivity index (χ4n) is 4.34. The van der Waals surface area contributed by atoms with E-state index in [0.29, 0.717) is 6.42 Å². The first-order valence-electron chi connectivity index (χ1n) is 14.3. The van der Waals surface area contributed by atoms with Crippen LogP contribution in [0.3, 0.4) is 0 Å². The van der Waals surface area contributed by atoms with Crippen LogP contribution in [-0.2, 0) is 0 Å². The van der Waals surface area contributed by atoms with Gasteiger partial charge in [0.25, 0.3) is 0 Å². The molecule has 0 amide bonds. The molecular formula is C5H60N4P50. The Bertz CT molecular complexity index is 1080. The highest BCUT2D eigenvalue weighted by Gasteiger charge is 2.62. The quantitative estimate of drug-likeness (QED) is 0.0489. The van der Waals surface area contributed by atoms with Crippen LogP contribution in [0.5, 0.6) is 0 Å². The monoisotopic (exact) mass is 1730 g/mol. The highest BCUT2D eigenvalue weighted by molar-refractivity contribution is 9.48. The topological polar surface area (TPSA) is 65.1 Å². The summed E-state index contributed by atoms with van der Waals surface area (Å²) >= 11 is 0. The summed E-state index contributed by atoms with van der Waals surface area (Å²) in [5, 5.41) is 10.3.